The highest BCUT2D eigenvalue weighted by Crippen LogP contribution is 2.29. The molecule has 3 rings (SSSR count). The molecule has 1 aliphatic carbocycles. The summed E-state index contributed by atoms with van der Waals surface area (Å²) in [6.45, 7) is 0.323. The van der Waals surface area contributed by atoms with Gasteiger partial charge in [-0.1, -0.05) is 19.3 Å². The normalized spacial score (nSPS) is 18.8. The van der Waals surface area contributed by atoms with Crippen LogP contribution in [0.4, 0.5) is 0 Å². The zero-order chi connectivity index (χ0) is 13.5. The highest BCUT2D eigenvalue weighted by molar-refractivity contribution is 5.72. The molecule has 1 N–H and O–H groups in total. The molecule has 0 radical (unpaired) electrons. The number of rotatable bonds is 2. The molecular weight excluding hydrogens is 244 g/mol. The summed E-state index contributed by atoms with van der Waals surface area (Å²) in [6.07, 6.45) is 7.76. The van der Waals surface area contributed by atoms with Crippen molar-refractivity contribution in [2.75, 3.05) is 0 Å². The molecule has 2 aromatic rings. The topological polar surface area (TPSA) is 72.9 Å². The van der Waals surface area contributed by atoms with Crippen molar-refractivity contribution in [3.63, 3.8) is 0 Å². The molecule has 19 heavy (non-hydrogen) atoms. The van der Waals surface area contributed by atoms with Gasteiger partial charge in [0, 0.05) is 7.05 Å². The number of nitrogens with zero attached hydrogens (tertiary/aromatic N) is 4. The molecule has 6 nitrogen and oxygen atoms in total. The van der Waals surface area contributed by atoms with E-state index in [0.717, 1.165) is 32.1 Å². The van der Waals surface area contributed by atoms with Gasteiger partial charge in [-0.2, -0.15) is 5.10 Å². The van der Waals surface area contributed by atoms with E-state index in [-0.39, 0.29) is 5.56 Å². The smallest absolute Gasteiger partial charge is 0.264 e. The molecule has 1 saturated carbocycles. The number of aliphatic hydroxyl groups is 1. The Kier molecular flexibility index (Phi) is 2.89. The van der Waals surface area contributed by atoms with E-state index in [0.29, 0.717) is 17.6 Å². The third kappa shape index (κ3) is 2.16. The number of hydrogen-bond donors (Lipinski definition) is 1. The third-order valence-corrected chi connectivity index (χ3v) is 3.97. The molecule has 0 spiro atoms. The average molecular weight is 262 g/mol. The molecule has 0 atom stereocenters. The van der Waals surface area contributed by atoms with Crippen LogP contribution in [0.5, 0.6) is 0 Å². The van der Waals surface area contributed by atoms with Crippen LogP contribution in [-0.2, 0) is 13.6 Å². The highest BCUT2D eigenvalue weighted by Gasteiger charge is 2.30. The minimum Gasteiger partial charge on any atom is -0.388 e. The van der Waals surface area contributed by atoms with Crippen molar-refractivity contribution in [3.8, 4) is 0 Å². The molecule has 0 aromatic carbocycles. The monoisotopic (exact) mass is 262 g/mol. The molecule has 0 amide bonds. The van der Waals surface area contributed by atoms with Crippen LogP contribution in [0.3, 0.4) is 0 Å². The van der Waals surface area contributed by atoms with Gasteiger partial charge in [0.1, 0.15) is 11.7 Å². The van der Waals surface area contributed by atoms with Gasteiger partial charge in [-0.15, -0.1) is 0 Å². The number of hydrogen-bond acceptors (Lipinski definition) is 4. The Bertz CT molecular complexity index is 652. The first-order chi connectivity index (χ1) is 9.09. The van der Waals surface area contributed by atoms with E-state index in [1.54, 1.807) is 11.7 Å². The van der Waals surface area contributed by atoms with Crippen molar-refractivity contribution in [2.45, 2.75) is 44.2 Å². The number of aromatic nitrogens is 4. The second-order valence-electron chi connectivity index (χ2n) is 5.47. The maximum absolute atomic E-state index is 12.3. The maximum atomic E-state index is 12.3. The van der Waals surface area contributed by atoms with E-state index >= 15 is 0 Å². The first kappa shape index (κ1) is 12.3. The van der Waals surface area contributed by atoms with E-state index in [1.807, 2.05) is 0 Å². The van der Waals surface area contributed by atoms with Crippen LogP contribution in [0.15, 0.2) is 17.3 Å². The van der Waals surface area contributed by atoms with Crippen LogP contribution in [0.1, 0.15) is 32.1 Å². The summed E-state index contributed by atoms with van der Waals surface area (Å²) >= 11 is 0. The van der Waals surface area contributed by atoms with Gasteiger partial charge in [0.05, 0.1) is 18.3 Å². The second kappa shape index (κ2) is 4.45. The van der Waals surface area contributed by atoms with Crippen molar-refractivity contribution in [1.82, 2.24) is 19.3 Å². The molecule has 102 valence electrons. The summed E-state index contributed by atoms with van der Waals surface area (Å²) < 4.78 is 3.09. The Balaban J connectivity index is 1.97. The van der Waals surface area contributed by atoms with Crippen molar-refractivity contribution in [3.05, 3.63) is 22.9 Å². The lowest BCUT2D eigenvalue weighted by Gasteiger charge is -2.32. The fourth-order valence-corrected chi connectivity index (χ4v) is 2.86. The number of fused-ring (bicyclic) bond motifs is 1. The van der Waals surface area contributed by atoms with Crippen molar-refractivity contribution < 1.29 is 5.11 Å². The lowest BCUT2D eigenvalue weighted by atomic mass is 9.85. The van der Waals surface area contributed by atoms with Crippen LogP contribution in [0.2, 0.25) is 0 Å². The summed E-state index contributed by atoms with van der Waals surface area (Å²) in [5.74, 6) is 0. The molecule has 0 saturated heterocycles. The number of aryl methyl sites for hydroxylation is 1. The van der Waals surface area contributed by atoms with E-state index in [1.165, 1.54) is 17.1 Å². The van der Waals surface area contributed by atoms with Gasteiger partial charge in [-0.05, 0) is 12.8 Å². The molecular formula is C13H18N4O2. The minimum absolute atomic E-state index is 0.128. The van der Waals surface area contributed by atoms with Gasteiger partial charge >= 0.3 is 0 Å². The quantitative estimate of drug-likeness (QED) is 0.870. The largest absolute Gasteiger partial charge is 0.388 e. The van der Waals surface area contributed by atoms with Crippen LogP contribution >= 0.6 is 0 Å². The first-order valence-electron chi connectivity index (χ1n) is 6.69. The van der Waals surface area contributed by atoms with Gasteiger partial charge in [-0.3, -0.25) is 14.0 Å². The predicted molar refractivity (Wildman–Crippen MR) is 70.8 cm³/mol. The molecule has 0 aliphatic heterocycles. The maximum Gasteiger partial charge on any atom is 0.264 e. The van der Waals surface area contributed by atoms with E-state index in [9.17, 15) is 9.90 Å². The Morgan fingerprint density at radius 1 is 1.37 bits per heavy atom. The summed E-state index contributed by atoms with van der Waals surface area (Å²) in [5, 5.41) is 15.1. The van der Waals surface area contributed by atoms with Crippen molar-refractivity contribution in [2.24, 2.45) is 7.05 Å². The minimum atomic E-state index is -0.764. The van der Waals surface area contributed by atoms with E-state index < -0.39 is 5.60 Å². The van der Waals surface area contributed by atoms with Crippen molar-refractivity contribution in [1.29, 1.82) is 0 Å². The van der Waals surface area contributed by atoms with Crippen LogP contribution in [0, 0.1) is 0 Å². The van der Waals surface area contributed by atoms with E-state index in [4.69, 9.17) is 0 Å². The molecule has 2 heterocycles. The molecule has 2 aromatic heterocycles. The lowest BCUT2D eigenvalue weighted by molar-refractivity contribution is -0.0123. The lowest BCUT2D eigenvalue weighted by Crippen LogP contribution is -2.39. The molecule has 6 heteroatoms. The van der Waals surface area contributed by atoms with Crippen LogP contribution in [-0.4, -0.2) is 30.0 Å². The van der Waals surface area contributed by atoms with E-state index in [2.05, 4.69) is 10.1 Å². The zero-order valence-electron chi connectivity index (χ0n) is 11.0. The van der Waals surface area contributed by atoms with Gasteiger partial charge < -0.3 is 5.11 Å². The summed E-state index contributed by atoms with van der Waals surface area (Å²) in [6, 6.07) is 0. The van der Waals surface area contributed by atoms with Gasteiger partial charge in [-0.25, -0.2) is 4.98 Å². The standard InChI is InChI=1S/C13H18N4O2/c1-16-11-10(7-15-16)12(18)17(9-14-11)8-13(19)5-3-2-4-6-13/h7,9,19H,2-6,8H2,1H3. The van der Waals surface area contributed by atoms with Gasteiger partial charge in [0.25, 0.3) is 5.56 Å². The molecule has 0 unspecified atom stereocenters. The van der Waals surface area contributed by atoms with Gasteiger partial charge in [0.15, 0.2) is 5.65 Å². The summed E-state index contributed by atoms with van der Waals surface area (Å²) in [4.78, 5) is 16.6. The molecule has 0 bridgehead atoms. The fraction of sp³-hybridized carbons (Fsp3) is 0.615. The average Bonchev–Trinajstić information content (AvgIpc) is 2.76. The second-order valence-corrected chi connectivity index (χ2v) is 5.47. The highest BCUT2D eigenvalue weighted by atomic mass is 16.3. The van der Waals surface area contributed by atoms with Crippen LogP contribution < -0.4 is 5.56 Å². The third-order valence-electron chi connectivity index (χ3n) is 3.97. The Morgan fingerprint density at radius 3 is 2.84 bits per heavy atom. The fourth-order valence-electron chi connectivity index (χ4n) is 2.86. The molecule has 1 fully saturated rings. The first-order valence-corrected chi connectivity index (χ1v) is 6.69. The van der Waals surface area contributed by atoms with Gasteiger partial charge in [0.2, 0.25) is 0 Å². The SMILES string of the molecule is Cn1ncc2c(=O)n(CC3(O)CCCCC3)cnc21. The summed E-state index contributed by atoms with van der Waals surface area (Å²) in [7, 11) is 1.76. The van der Waals surface area contributed by atoms with Crippen LogP contribution in [0.25, 0.3) is 11.0 Å². The summed E-state index contributed by atoms with van der Waals surface area (Å²) in [5.41, 5.74) is -0.311. The Hall–Kier alpha value is -1.69. The zero-order valence-corrected chi connectivity index (χ0v) is 11.0. The predicted octanol–water partition coefficient (Wildman–Crippen LogP) is 0.825. The Morgan fingerprint density at radius 2 is 2.11 bits per heavy atom. The Labute approximate surface area is 110 Å². The van der Waals surface area contributed by atoms with Crippen molar-refractivity contribution >= 4 is 11.0 Å². The molecule has 1 aliphatic rings.